The zero-order chi connectivity index (χ0) is 12.4. The molecule has 2 aromatic rings. The van der Waals surface area contributed by atoms with Crippen LogP contribution in [0.25, 0.3) is 5.69 Å². The number of para-hydroxylation sites is 1. The molecular formula is C14H18N4. The van der Waals surface area contributed by atoms with Crippen LogP contribution >= 0.6 is 0 Å². The summed E-state index contributed by atoms with van der Waals surface area (Å²) in [6.45, 7) is 6.32. The molecule has 1 aromatic carbocycles. The van der Waals surface area contributed by atoms with E-state index in [2.05, 4.69) is 52.7 Å². The Morgan fingerprint density at radius 1 is 1.17 bits per heavy atom. The zero-order valence-corrected chi connectivity index (χ0v) is 10.6. The summed E-state index contributed by atoms with van der Waals surface area (Å²) < 4.78 is 1.96. The number of nitrogens with one attached hydrogen (secondary N) is 1. The highest BCUT2D eigenvalue weighted by Gasteiger charge is 2.12. The van der Waals surface area contributed by atoms with Crippen molar-refractivity contribution in [2.24, 2.45) is 0 Å². The molecular weight excluding hydrogens is 224 g/mol. The predicted molar refractivity (Wildman–Crippen MR) is 73.4 cm³/mol. The van der Waals surface area contributed by atoms with Gasteiger partial charge in [-0.15, -0.1) is 0 Å². The van der Waals surface area contributed by atoms with Gasteiger partial charge in [-0.2, -0.15) is 5.10 Å². The number of benzene rings is 1. The summed E-state index contributed by atoms with van der Waals surface area (Å²) in [6.07, 6.45) is 4.07. The molecule has 0 bridgehead atoms. The van der Waals surface area contributed by atoms with Crippen molar-refractivity contribution in [3.8, 4) is 5.69 Å². The third-order valence-corrected chi connectivity index (χ3v) is 3.41. The Bertz CT molecular complexity index is 526. The fourth-order valence-electron chi connectivity index (χ4n) is 2.35. The van der Waals surface area contributed by atoms with Crippen molar-refractivity contribution >= 4 is 5.69 Å². The van der Waals surface area contributed by atoms with Gasteiger partial charge in [0.2, 0.25) is 0 Å². The molecule has 1 saturated heterocycles. The fraction of sp³-hybridized carbons (Fsp3) is 0.357. The van der Waals surface area contributed by atoms with Crippen LogP contribution in [0.3, 0.4) is 0 Å². The number of anilines is 1. The summed E-state index contributed by atoms with van der Waals surface area (Å²) >= 11 is 0. The van der Waals surface area contributed by atoms with Crippen molar-refractivity contribution in [3.05, 3.63) is 42.2 Å². The number of hydrogen-bond donors (Lipinski definition) is 1. The average Bonchev–Trinajstić information content (AvgIpc) is 2.90. The van der Waals surface area contributed by atoms with Crippen molar-refractivity contribution in [1.29, 1.82) is 0 Å². The van der Waals surface area contributed by atoms with Crippen LogP contribution in [-0.4, -0.2) is 36.0 Å². The molecule has 0 radical (unpaired) electrons. The second-order valence-electron chi connectivity index (χ2n) is 4.67. The first-order valence-electron chi connectivity index (χ1n) is 6.41. The maximum Gasteiger partial charge on any atom is 0.0758 e. The van der Waals surface area contributed by atoms with Crippen molar-refractivity contribution in [2.45, 2.75) is 6.92 Å². The summed E-state index contributed by atoms with van der Waals surface area (Å²) in [6, 6.07) is 8.32. The van der Waals surface area contributed by atoms with Crippen LogP contribution in [0.1, 0.15) is 5.56 Å². The van der Waals surface area contributed by atoms with Gasteiger partial charge in [0, 0.05) is 26.2 Å². The number of nitrogens with zero attached hydrogens (tertiary/aromatic N) is 3. The summed E-state index contributed by atoms with van der Waals surface area (Å²) in [5.41, 5.74) is 3.60. The standard InChI is InChI=1S/C14H18N4/c1-12-4-2-3-5-14(12)18-11-13(10-16-18)17-8-6-15-7-9-17/h2-5,10-11,15H,6-9H2,1H3. The van der Waals surface area contributed by atoms with Crippen molar-refractivity contribution < 1.29 is 0 Å². The van der Waals surface area contributed by atoms with Gasteiger partial charge in [-0.1, -0.05) is 18.2 Å². The first-order chi connectivity index (χ1) is 8.84. The summed E-state index contributed by atoms with van der Waals surface area (Å²) in [5.74, 6) is 0. The normalized spacial score (nSPS) is 15.9. The van der Waals surface area contributed by atoms with Crippen molar-refractivity contribution in [2.75, 3.05) is 31.1 Å². The lowest BCUT2D eigenvalue weighted by molar-refractivity contribution is 0.589. The molecule has 94 valence electrons. The lowest BCUT2D eigenvalue weighted by Gasteiger charge is -2.27. The van der Waals surface area contributed by atoms with E-state index in [0.29, 0.717) is 0 Å². The van der Waals surface area contributed by atoms with Gasteiger partial charge in [0.05, 0.1) is 23.8 Å². The maximum absolute atomic E-state index is 4.48. The molecule has 0 amide bonds. The van der Waals surface area contributed by atoms with Crippen LogP contribution in [0.5, 0.6) is 0 Å². The van der Waals surface area contributed by atoms with Crippen LogP contribution in [0.4, 0.5) is 5.69 Å². The highest BCUT2D eigenvalue weighted by Crippen LogP contribution is 2.18. The topological polar surface area (TPSA) is 33.1 Å². The van der Waals surface area contributed by atoms with Gasteiger partial charge in [0.15, 0.2) is 0 Å². The molecule has 2 heterocycles. The fourth-order valence-corrected chi connectivity index (χ4v) is 2.35. The summed E-state index contributed by atoms with van der Waals surface area (Å²) in [4.78, 5) is 2.37. The zero-order valence-electron chi connectivity index (χ0n) is 10.6. The van der Waals surface area contributed by atoms with Gasteiger partial charge in [-0.3, -0.25) is 0 Å². The number of rotatable bonds is 2. The Hall–Kier alpha value is -1.81. The minimum Gasteiger partial charge on any atom is -0.366 e. The molecule has 1 fully saturated rings. The van der Waals surface area contributed by atoms with E-state index in [1.807, 2.05) is 10.9 Å². The van der Waals surface area contributed by atoms with E-state index in [1.54, 1.807) is 0 Å². The number of aryl methyl sites for hydroxylation is 1. The minimum atomic E-state index is 1.05. The average molecular weight is 242 g/mol. The monoisotopic (exact) mass is 242 g/mol. The molecule has 4 heteroatoms. The predicted octanol–water partition coefficient (Wildman–Crippen LogP) is 1.59. The molecule has 0 aliphatic carbocycles. The third-order valence-electron chi connectivity index (χ3n) is 3.41. The smallest absolute Gasteiger partial charge is 0.0758 e. The van der Waals surface area contributed by atoms with E-state index < -0.39 is 0 Å². The van der Waals surface area contributed by atoms with Crippen LogP contribution in [0, 0.1) is 6.92 Å². The molecule has 0 atom stereocenters. The van der Waals surface area contributed by atoms with Gasteiger partial charge in [-0.05, 0) is 18.6 Å². The molecule has 0 unspecified atom stereocenters. The third kappa shape index (κ3) is 2.11. The van der Waals surface area contributed by atoms with E-state index in [9.17, 15) is 0 Å². The first kappa shape index (κ1) is 11.3. The van der Waals surface area contributed by atoms with Gasteiger partial charge in [-0.25, -0.2) is 4.68 Å². The molecule has 1 aliphatic rings. The minimum absolute atomic E-state index is 1.05. The molecule has 3 rings (SSSR count). The second kappa shape index (κ2) is 4.82. The quantitative estimate of drug-likeness (QED) is 0.868. The number of aromatic nitrogens is 2. The Morgan fingerprint density at radius 3 is 2.72 bits per heavy atom. The molecule has 0 spiro atoms. The van der Waals surface area contributed by atoms with E-state index >= 15 is 0 Å². The van der Waals surface area contributed by atoms with Crippen LogP contribution in [-0.2, 0) is 0 Å². The van der Waals surface area contributed by atoms with Gasteiger partial charge in [0.1, 0.15) is 0 Å². The summed E-state index contributed by atoms with van der Waals surface area (Å²) in [7, 11) is 0. The van der Waals surface area contributed by atoms with E-state index in [-0.39, 0.29) is 0 Å². The van der Waals surface area contributed by atoms with E-state index in [1.165, 1.54) is 11.3 Å². The first-order valence-corrected chi connectivity index (χ1v) is 6.41. The molecule has 1 aliphatic heterocycles. The Balaban J connectivity index is 1.87. The lowest BCUT2D eigenvalue weighted by atomic mass is 10.2. The highest BCUT2D eigenvalue weighted by atomic mass is 15.3. The largest absolute Gasteiger partial charge is 0.366 e. The van der Waals surface area contributed by atoms with Crippen LogP contribution in [0.15, 0.2) is 36.7 Å². The molecule has 0 saturated carbocycles. The van der Waals surface area contributed by atoms with E-state index in [0.717, 1.165) is 31.9 Å². The van der Waals surface area contributed by atoms with Crippen molar-refractivity contribution in [3.63, 3.8) is 0 Å². The van der Waals surface area contributed by atoms with Crippen molar-refractivity contribution in [1.82, 2.24) is 15.1 Å². The highest BCUT2D eigenvalue weighted by molar-refractivity contribution is 5.47. The van der Waals surface area contributed by atoms with Gasteiger partial charge >= 0.3 is 0 Å². The summed E-state index contributed by atoms with van der Waals surface area (Å²) in [5, 5.41) is 7.84. The Kier molecular flexibility index (Phi) is 3.02. The lowest BCUT2D eigenvalue weighted by Crippen LogP contribution is -2.43. The van der Waals surface area contributed by atoms with Gasteiger partial charge < -0.3 is 10.2 Å². The Morgan fingerprint density at radius 2 is 1.94 bits per heavy atom. The second-order valence-corrected chi connectivity index (χ2v) is 4.67. The van der Waals surface area contributed by atoms with Crippen LogP contribution in [0.2, 0.25) is 0 Å². The molecule has 1 N–H and O–H groups in total. The molecule has 4 nitrogen and oxygen atoms in total. The van der Waals surface area contributed by atoms with Gasteiger partial charge in [0.25, 0.3) is 0 Å². The van der Waals surface area contributed by atoms with E-state index in [4.69, 9.17) is 0 Å². The van der Waals surface area contributed by atoms with Crippen LogP contribution < -0.4 is 10.2 Å². The Labute approximate surface area is 107 Å². The number of piperazine rings is 1. The SMILES string of the molecule is Cc1ccccc1-n1cc(N2CCNCC2)cn1. The maximum atomic E-state index is 4.48. The molecule has 1 aromatic heterocycles. The molecule has 18 heavy (non-hydrogen) atoms. The number of hydrogen-bond acceptors (Lipinski definition) is 3.